The van der Waals surface area contributed by atoms with E-state index in [9.17, 15) is 0 Å². The number of H-pyrrole nitrogens is 1. The molecule has 2 nitrogen and oxygen atoms in total. The summed E-state index contributed by atoms with van der Waals surface area (Å²) in [7, 11) is 2.24. The molecule has 0 saturated heterocycles. The Bertz CT molecular complexity index is 578. The van der Waals surface area contributed by atoms with Gasteiger partial charge in [0.25, 0.3) is 0 Å². The predicted molar refractivity (Wildman–Crippen MR) is 70.2 cm³/mol. The van der Waals surface area contributed by atoms with Crippen molar-refractivity contribution in [1.82, 2.24) is 9.88 Å². The monoisotopic (exact) mass is 226 g/mol. The first kappa shape index (κ1) is 9.72. The molecule has 1 aromatic heterocycles. The Balaban J connectivity index is 2.02. The third-order valence-corrected chi connectivity index (χ3v) is 4.63. The van der Waals surface area contributed by atoms with Crippen LogP contribution < -0.4 is 0 Å². The number of para-hydroxylation sites is 1. The molecule has 0 bridgehead atoms. The van der Waals surface area contributed by atoms with Gasteiger partial charge in [-0.1, -0.05) is 24.6 Å². The van der Waals surface area contributed by atoms with Gasteiger partial charge in [-0.2, -0.15) is 0 Å². The van der Waals surface area contributed by atoms with Gasteiger partial charge in [0, 0.05) is 35.1 Å². The summed E-state index contributed by atoms with van der Waals surface area (Å²) in [6.45, 7) is 2.31. The Kier molecular flexibility index (Phi) is 1.79. The second-order valence-corrected chi connectivity index (χ2v) is 5.83. The van der Waals surface area contributed by atoms with Gasteiger partial charge in [0.15, 0.2) is 0 Å². The van der Waals surface area contributed by atoms with Crippen LogP contribution in [0, 0.1) is 0 Å². The number of fused-ring (bicyclic) bond motifs is 4. The first-order valence-corrected chi connectivity index (χ1v) is 6.57. The molecule has 4 rings (SSSR count). The standard InChI is InChI=1S/C15H18N2/c1-17-9-13-14(15(10-17)7-4-8-15)11-5-2-3-6-12(11)16-13/h2-3,5-6,16H,4,7-10H2,1H3. The second-order valence-electron chi connectivity index (χ2n) is 5.83. The summed E-state index contributed by atoms with van der Waals surface area (Å²) in [4.78, 5) is 6.10. The molecule has 2 aliphatic rings. The van der Waals surface area contributed by atoms with Gasteiger partial charge < -0.3 is 4.98 Å². The Morgan fingerprint density at radius 1 is 1.24 bits per heavy atom. The summed E-state index contributed by atoms with van der Waals surface area (Å²) in [6, 6.07) is 8.79. The van der Waals surface area contributed by atoms with Crippen LogP contribution >= 0.6 is 0 Å². The quantitative estimate of drug-likeness (QED) is 0.731. The summed E-state index contributed by atoms with van der Waals surface area (Å²) in [5.74, 6) is 0. The molecule has 0 radical (unpaired) electrons. The average Bonchev–Trinajstić information content (AvgIpc) is 2.63. The molecule has 2 heteroatoms. The number of benzene rings is 1. The highest BCUT2D eigenvalue weighted by Gasteiger charge is 2.45. The molecule has 0 atom stereocenters. The molecule has 1 aromatic carbocycles. The van der Waals surface area contributed by atoms with Crippen LogP contribution in [-0.2, 0) is 12.0 Å². The van der Waals surface area contributed by atoms with Gasteiger partial charge in [-0.15, -0.1) is 0 Å². The SMILES string of the molecule is CN1Cc2[nH]c3ccccc3c2C2(CCC2)C1. The van der Waals surface area contributed by atoms with Crippen LogP contribution in [0.15, 0.2) is 24.3 Å². The van der Waals surface area contributed by atoms with E-state index in [0.717, 1.165) is 6.54 Å². The van der Waals surface area contributed by atoms with Crippen molar-refractivity contribution in [1.29, 1.82) is 0 Å². The zero-order valence-corrected chi connectivity index (χ0v) is 10.3. The Morgan fingerprint density at radius 2 is 2.06 bits per heavy atom. The summed E-state index contributed by atoms with van der Waals surface area (Å²) in [6.07, 6.45) is 4.13. The van der Waals surface area contributed by atoms with E-state index in [2.05, 4.69) is 41.2 Å². The average molecular weight is 226 g/mol. The minimum absolute atomic E-state index is 0.460. The molecule has 0 unspecified atom stereocenters. The van der Waals surface area contributed by atoms with Gasteiger partial charge in [0.1, 0.15) is 0 Å². The number of hydrogen-bond donors (Lipinski definition) is 1. The second kappa shape index (κ2) is 3.14. The van der Waals surface area contributed by atoms with Gasteiger partial charge in [0.2, 0.25) is 0 Å². The molecule has 2 aromatic rings. The van der Waals surface area contributed by atoms with Crippen LogP contribution in [-0.4, -0.2) is 23.5 Å². The fourth-order valence-electron chi connectivity index (χ4n) is 3.86. The van der Waals surface area contributed by atoms with Crippen LogP contribution in [0.3, 0.4) is 0 Å². The van der Waals surface area contributed by atoms with E-state index in [4.69, 9.17) is 0 Å². The van der Waals surface area contributed by atoms with Crippen molar-refractivity contribution in [3.8, 4) is 0 Å². The van der Waals surface area contributed by atoms with Crippen molar-refractivity contribution in [3.63, 3.8) is 0 Å². The lowest BCUT2D eigenvalue weighted by Gasteiger charge is -2.48. The third-order valence-electron chi connectivity index (χ3n) is 4.63. The minimum atomic E-state index is 0.460. The van der Waals surface area contributed by atoms with Crippen LogP contribution in [0.2, 0.25) is 0 Å². The maximum absolute atomic E-state index is 3.63. The lowest BCUT2D eigenvalue weighted by atomic mass is 9.62. The van der Waals surface area contributed by atoms with Crippen LogP contribution in [0.5, 0.6) is 0 Å². The third kappa shape index (κ3) is 1.19. The van der Waals surface area contributed by atoms with Crippen molar-refractivity contribution in [3.05, 3.63) is 35.5 Å². The molecule has 1 aliphatic heterocycles. The van der Waals surface area contributed by atoms with Crippen molar-refractivity contribution in [2.45, 2.75) is 31.2 Å². The Hall–Kier alpha value is -1.28. The molecule has 1 N–H and O–H groups in total. The van der Waals surface area contributed by atoms with E-state index < -0.39 is 0 Å². The molecule has 17 heavy (non-hydrogen) atoms. The molecule has 0 amide bonds. The molecule has 88 valence electrons. The number of nitrogens with zero attached hydrogens (tertiary/aromatic N) is 1. The van der Waals surface area contributed by atoms with E-state index >= 15 is 0 Å². The Morgan fingerprint density at radius 3 is 2.82 bits per heavy atom. The van der Waals surface area contributed by atoms with Gasteiger partial charge in [-0.25, -0.2) is 0 Å². The van der Waals surface area contributed by atoms with Crippen molar-refractivity contribution in [2.24, 2.45) is 0 Å². The van der Waals surface area contributed by atoms with Gasteiger partial charge in [0.05, 0.1) is 0 Å². The van der Waals surface area contributed by atoms with Crippen molar-refractivity contribution < 1.29 is 0 Å². The Labute approximate surface area is 102 Å². The largest absolute Gasteiger partial charge is 0.357 e. The van der Waals surface area contributed by atoms with Crippen molar-refractivity contribution in [2.75, 3.05) is 13.6 Å². The highest BCUT2D eigenvalue weighted by molar-refractivity contribution is 5.86. The predicted octanol–water partition coefficient (Wildman–Crippen LogP) is 3.04. The summed E-state index contributed by atoms with van der Waals surface area (Å²) in [5.41, 5.74) is 4.87. The van der Waals surface area contributed by atoms with Crippen LogP contribution in [0.25, 0.3) is 10.9 Å². The number of aromatic amines is 1. The normalized spacial score (nSPS) is 22.6. The van der Waals surface area contributed by atoms with Gasteiger partial charge in [-0.3, -0.25) is 4.90 Å². The topological polar surface area (TPSA) is 19.0 Å². The van der Waals surface area contributed by atoms with E-state index in [0.29, 0.717) is 5.41 Å². The lowest BCUT2D eigenvalue weighted by molar-refractivity contribution is 0.135. The van der Waals surface area contributed by atoms with E-state index in [1.165, 1.54) is 42.4 Å². The number of aromatic nitrogens is 1. The summed E-state index contributed by atoms with van der Waals surface area (Å²) >= 11 is 0. The van der Waals surface area contributed by atoms with E-state index in [-0.39, 0.29) is 0 Å². The van der Waals surface area contributed by atoms with Gasteiger partial charge in [-0.05, 0) is 31.5 Å². The minimum Gasteiger partial charge on any atom is -0.357 e. The highest BCUT2D eigenvalue weighted by Crippen LogP contribution is 2.50. The number of hydrogen-bond acceptors (Lipinski definition) is 1. The first-order valence-electron chi connectivity index (χ1n) is 6.57. The highest BCUT2D eigenvalue weighted by atomic mass is 15.1. The molecule has 1 aliphatic carbocycles. The van der Waals surface area contributed by atoms with Crippen LogP contribution in [0.1, 0.15) is 30.5 Å². The number of rotatable bonds is 0. The fourth-order valence-corrected chi connectivity index (χ4v) is 3.86. The summed E-state index contributed by atoms with van der Waals surface area (Å²) < 4.78 is 0. The molecule has 1 saturated carbocycles. The molecule has 2 heterocycles. The van der Waals surface area contributed by atoms with Crippen LogP contribution in [0.4, 0.5) is 0 Å². The number of likely N-dealkylation sites (N-methyl/N-ethyl adjacent to an activating group) is 1. The fraction of sp³-hybridized carbons (Fsp3) is 0.467. The molecule has 1 spiro atoms. The zero-order chi connectivity index (χ0) is 11.5. The molecular weight excluding hydrogens is 208 g/mol. The van der Waals surface area contributed by atoms with E-state index in [1.807, 2.05) is 0 Å². The van der Waals surface area contributed by atoms with Crippen molar-refractivity contribution >= 4 is 10.9 Å². The smallest absolute Gasteiger partial charge is 0.0459 e. The van der Waals surface area contributed by atoms with Gasteiger partial charge >= 0.3 is 0 Å². The number of nitrogens with one attached hydrogen (secondary N) is 1. The molecular formula is C15H18N2. The molecule has 1 fully saturated rings. The maximum atomic E-state index is 3.63. The summed E-state index contributed by atoms with van der Waals surface area (Å²) in [5, 5.41) is 1.47. The zero-order valence-electron chi connectivity index (χ0n) is 10.3. The maximum Gasteiger partial charge on any atom is 0.0459 e. The van der Waals surface area contributed by atoms with E-state index in [1.54, 1.807) is 5.56 Å². The lowest BCUT2D eigenvalue weighted by Crippen LogP contribution is -2.48. The first-order chi connectivity index (χ1) is 8.28.